The van der Waals surface area contributed by atoms with Crippen LogP contribution in [0.2, 0.25) is 0 Å². The lowest BCUT2D eigenvalue weighted by molar-refractivity contribution is 0.0999. The van der Waals surface area contributed by atoms with E-state index < -0.39 is 0 Å². The molecule has 0 bridgehead atoms. The zero-order valence-corrected chi connectivity index (χ0v) is 10.5. The number of nitrogens with zero attached hydrogens (tertiary/aromatic N) is 1. The van der Waals surface area contributed by atoms with Crippen molar-refractivity contribution in [2.45, 2.75) is 13.3 Å². The van der Waals surface area contributed by atoms with Gasteiger partial charge in [0.1, 0.15) is 5.82 Å². The Kier molecular flexibility index (Phi) is 2.75. The van der Waals surface area contributed by atoms with Crippen LogP contribution in [0.4, 0.5) is 4.39 Å². The molecule has 0 aromatic heterocycles. The molecule has 0 atom stereocenters. The highest BCUT2D eigenvalue weighted by atomic mass is 19.1. The largest absolute Gasteiger partial charge is 0.277 e. The molecular weight excluding hydrogens is 241 g/mol. The molecular formula is C16H12FNO. The van der Waals surface area contributed by atoms with Crippen molar-refractivity contribution < 1.29 is 9.18 Å². The number of hydrogen-bond acceptors (Lipinski definition) is 1. The van der Waals surface area contributed by atoms with E-state index >= 15 is 0 Å². The molecule has 1 aliphatic heterocycles. The van der Waals surface area contributed by atoms with Crippen LogP contribution in [0.15, 0.2) is 47.5 Å². The molecule has 0 spiro atoms. The van der Waals surface area contributed by atoms with Gasteiger partial charge in [0, 0.05) is 17.5 Å². The number of amides is 1. The van der Waals surface area contributed by atoms with E-state index in [9.17, 15) is 9.18 Å². The van der Waals surface area contributed by atoms with Crippen molar-refractivity contribution in [3.8, 4) is 0 Å². The highest BCUT2D eigenvalue weighted by molar-refractivity contribution is 6.15. The Morgan fingerprint density at radius 1 is 1.11 bits per heavy atom. The Labute approximate surface area is 110 Å². The standard InChI is InChI=1S/C16H12FNO/c1-10-5-7-11(8-6-10)15-9-13-12(16(19)18-15)3-2-4-14(13)17/h2-8H,9H2,1H3. The van der Waals surface area contributed by atoms with E-state index in [0.29, 0.717) is 23.3 Å². The number of aliphatic imine (C=N–C) groups is 1. The van der Waals surface area contributed by atoms with Gasteiger partial charge in [0.05, 0.1) is 5.71 Å². The number of fused-ring (bicyclic) bond motifs is 1. The molecule has 2 aromatic rings. The third-order valence-electron chi connectivity index (χ3n) is 3.31. The average Bonchev–Trinajstić information content (AvgIpc) is 2.41. The van der Waals surface area contributed by atoms with E-state index in [1.54, 1.807) is 12.1 Å². The van der Waals surface area contributed by atoms with Crippen LogP contribution in [0.3, 0.4) is 0 Å². The summed E-state index contributed by atoms with van der Waals surface area (Å²) in [6, 6.07) is 12.3. The molecule has 0 unspecified atom stereocenters. The fourth-order valence-electron chi connectivity index (χ4n) is 2.24. The van der Waals surface area contributed by atoms with Gasteiger partial charge in [-0.2, -0.15) is 0 Å². The van der Waals surface area contributed by atoms with E-state index in [0.717, 1.165) is 11.1 Å². The summed E-state index contributed by atoms with van der Waals surface area (Å²) in [7, 11) is 0. The van der Waals surface area contributed by atoms with Gasteiger partial charge in [-0.15, -0.1) is 0 Å². The maximum Gasteiger partial charge on any atom is 0.277 e. The lowest BCUT2D eigenvalue weighted by Crippen LogP contribution is -2.18. The highest BCUT2D eigenvalue weighted by Gasteiger charge is 2.22. The molecule has 0 N–H and O–H groups in total. The van der Waals surface area contributed by atoms with Gasteiger partial charge < -0.3 is 0 Å². The molecule has 0 radical (unpaired) electrons. The van der Waals surface area contributed by atoms with Crippen molar-refractivity contribution in [3.63, 3.8) is 0 Å². The van der Waals surface area contributed by atoms with Crippen molar-refractivity contribution in [2.24, 2.45) is 4.99 Å². The Hall–Kier alpha value is -2.29. The summed E-state index contributed by atoms with van der Waals surface area (Å²) in [5, 5.41) is 0. The van der Waals surface area contributed by atoms with E-state index in [-0.39, 0.29) is 11.7 Å². The second-order valence-corrected chi connectivity index (χ2v) is 4.67. The molecule has 0 saturated carbocycles. The second-order valence-electron chi connectivity index (χ2n) is 4.67. The molecule has 1 aliphatic rings. The normalized spacial score (nSPS) is 14.0. The molecule has 19 heavy (non-hydrogen) atoms. The summed E-state index contributed by atoms with van der Waals surface area (Å²) >= 11 is 0. The first-order valence-corrected chi connectivity index (χ1v) is 6.11. The van der Waals surface area contributed by atoms with E-state index in [2.05, 4.69) is 4.99 Å². The zero-order chi connectivity index (χ0) is 13.4. The Morgan fingerprint density at radius 3 is 2.58 bits per heavy atom. The maximum atomic E-state index is 13.8. The second kappa shape index (κ2) is 4.43. The van der Waals surface area contributed by atoms with E-state index in [4.69, 9.17) is 0 Å². The first kappa shape index (κ1) is 11.8. The number of aryl methyl sites for hydroxylation is 1. The fourth-order valence-corrected chi connectivity index (χ4v) is 2.24. The number of hydrogen-bond donors (Lipinski definition) is 0. The predicted molar refractivity (Wildman–Crippen MR) is 72.2 cm³/mol. The van der Waals surface area contributed by atoms with Gasteiger partial charge in [-0.3, -0.25) is 4.79 Å². The maximum absolute atomic E-state index is 13.8. The average molecular weight is 253 g/mol. The van der Waals surface area contributed by atoms with Crippen LogP contribution in [0, 0.1) is 12.7 Å². The molecule has 94 valence electrons. The molecule has 0 fully saturated rings. The molecule has 0 saturated heterocycles. The van der Waals surface area contributed by atoms with Crippen molar-refractivity contribution in [3.05, 3.63) is 70.5 Å². The molecule has 0 aliphatic carbocycles. The van der Waals surface area contributed by atoms with Crippen LogP contribution in [-0.2, 0) is 6.42 Å². The van der Waals surface area contributed by atoms with Crippen molar-refractivity contribution >= 4 is 11.6 Å². The number of benzene rings is 2. The van der Waals surface area contributed by atoms with Gasteiger partial charge in [-0.1, -0.05) is 35.9 Å². The van der Waals surface area contributed by atoms with Gasteiger partial charge in [-0.25, -0.2) is 9.38 Å². The first-order valence-electron chi connectivity index (χ1n) is 6.11. The third-order valence-corrected chi connectivity index (χ3v) is 3.31. The lowest BCUT2D eigenvalue weighted by Gasteiger charge is -2.15. The van der Waals surface area contributed by atoms with Crippen LogP contribution >= 0.6 is 0 Å². The van der Waals surface area contributed by atoms with Crippen molar-refractivity contribution in [2.75, 3.05) is 0 Å². The summed E-state index contributed by atoms with van der Waals surface area (Å²) in [5.41, 5.74) is 3.45. The predicted octanol–water partition coefficient (Wildman–Crippen LogP) is 3.32. The SMILES string of the molecule is Cc1ccc(C2=NC(=O)c3cccc(F)c3C2)cc1. The van der Waals surface area contributed by atoms with Gasteiger partial charge in [-0.05, 0) is 24.6 Å². The van der Waals surface area contributed by atoms with E-state index in [1.165, 1.54) is 6.07 Å². The summed E-state index contributed by atoms with van der Waals surface area (Å²) in [6.45, 7) is 1.99. The van der Waals surface area contributed by atoms with Gasteiger partial charge >= 0.3 is 0 Å². The fraction of sp³-hybridized carbons (Fsp3) is 0.125. The van der Waals surface area contributed by atoms with Crippen LogP contribution < -0.4 is 0 Å². The minimum Gasteiger partial charge on any atom is -0.267 e. The van der Waals surface area contributed by atoms with Crippen LogP contribution in [0.25, 0.3) is 0 Å². The lowest BCUT2D eigenvalue weighted by atomic mass is 9.94. The van der Waals surface area contributed by atoms with Crippen LogP contribution in [-0.4, -0.2) is 11.6 Å². The van der Waals surface area contributed by atoms with Crippen LogP contribution in [0.5, 0.6) is 0 Å². The quantitative estimate of drug-likeness (QED) is 0.766. The van der Waals surface area contributed by atoms with E-state index in [1.807, 2.05) is 31.2 Å². The Morgan fingerprint density at radius 2 is 1.84 bits per heavy atom. The van der Waals surface area contributed by atoms with Crippen molar-refractivity contribution in [1.82, 2.24) is 0 Å². The smallest absolute Gasteiger partial charge is 0.267 e. The monoisotopic (exact) mass is 253 g/mol. The topological polar surface area (TPSA) is 29.4 Å². The summed E-state index contributed by atoms with van der Waals surface area (Å²) < 4.78 is 13.8. The summed E-state index contributed by atoms with van der Waals surface area (Å²) in [6.07, 6.45) is 0.358. The minimum atomic E-state index is -0.365. The highest BCUT2D eigenvalue weighted by Crippen LogP contribution is 2.22. The number of rotatable bonds is 1. The van der Waals surface area contributed by atoms with Crippen molar-refractivity contribution in [1.29, 1.82) is 0 Å². The number of carbonyl (C=O) groups is 1. The molecule has 2 nitrogen and oxygen atoms in total. The van der Waals surface area contributed by atoms with Gasteiger partial charge in [0.15, 0.2) is 0 Å². The molecule has 2 aromatic carbocycles. The molecule has 3 rings (SSSR count). The summed E-state index contributed by atoms with van der Waals surface area (Å²) in [4.78, 5) is 16.0. The van der Waals surface area contributed by atoms with Gasteiger partial charge in [0.2, 0.25) is 0 Å². The Balaban J connectivity index is 2.06. The number of carbonyl (C=O) groups excluding carboxylic acids is 1. The van der Waals surface area contributed by atoms with Crippen LogP contribution in [0.1, 0.15) is 27.0 Å². The Bertz CT molecular complexity index is 686. The summed E-state index contributed by atoms with van der Waals surface area (Å²) in [5.74, 6) is -0.707. The third kappa shape index (κ3) is 2.08. The molecule has 3 heteroatoms. The molecule has 1 amide bonds. The minimum absolute atomic E-state index is 0.342. The molecule has 1 heterocycles. The van der Waals surface area contributed by atoms with Gasteiger partial charge in [0.25, 0.3) is 5.91 Å². The number of halogens is 1. The zero-order valence-electron chi connectivity index (χ0n) is 10.5. The first-order chi connectivity index (χ1) is 9.15.